The molecule has 0 spiro atoms. The second-order valence-corrected chi connectivity index (χ2v) is 7.37. The van der Waals surface area contributed by atoms with Crippen LogP contribution in [0.3, 0.4) is 0 Å². The van der Waals surface area contributed by atoms with Crippen molar-refractivity contribution in [1.82, 2.24) is 14.5 Å². The average molecular weight is 385 g/mol. The van der Waals surface area contributed by atoms with Crippen LogP contribution in [-0.4, -0.2) is 26.9 Å². The van der Waals surface area contributed by atoms with Crippen LogP contribution in [-0.2, 0) is 13.1 Å². The first-order valence-electron chi connectivity index (χ1n) is 9.59. The molecule has 0 saturated carbocycles. The van der Waals surface area contributed by atoms with E-state index in [9.17, 15) is 13.6 Å². The minimum Gasteiger partial charge on any atom is -0.331 e. The highest BCUT2D eigenvalue weighted by molar-refractivity contribution is 5.94. The highest BCUT2D eigenvalue weighted by atomic mass is 19.1. The van der Waals surface area contributed by atoms with Gasteiger partial charge in [0.1, 0.15) is 17.2 Å². The van der Waals surface area contributed by atoms with Crippen molar-refractivity contribution in [2.45, 2.75) is 40.3 Å². The normalized spacial score (nSPS) is 11.4. The third-order valence-corrected chi connectivity index (χ3v) is 4.55. The Hall–Kier alpha value is -2.76. The third-order valence-electron chi connectivity index (χ3n) is 4.55. The first-order chi connectivity index (χ1) is 13.4. The van der Waals surface area contributed by atoms with E-state index in [1.54, 1.807) is 11.0 Å². The van der Waals surface area contributed by atoms with Crippen molar-refractivity contribution in [2.24, 2.45) is 5.92 Å². The maximum absolute atomic E-state index is 14.2. The monoisotopic (exact) mass is 385 g/mol. The molecule has 0 aliphatic carbocycles. The number of carbonyl (C=O) groups is 1. The number of hydrogen-bond donors (Lipinski definition) is 0. The molecule has 1 heterocycles. The molecule has 6 heteroatoms. The summed E-state index contributed by atoms with van der Waals surface area (Å²) in [6.07, 6.45) is 0.866. The zero-order chi connectivity index (χ0) is 20.3. The van der Waals surface area contributed by atoms with E-state index in [2.05, 4.69) is 4.98 Å². The molecule has 3 aromatic rings. The Morgan fingerprint density at radius 3 is 2.50 bits per heavy atom. The fraction of sp³-hybridized carbons (Fsp3) is 0.364. The van der Waals surface area contributed by atoms with Crippen LogP contribution in [0.4, 0.5) is 8.78 Å². The summed E-state index contributed by atoms with van der Waals surface area (Å²) in [6, 6.07) is 10.4. The Morgan fingerprint density at radius 2 is 1.86 bits per heavy atom. The lowest BCUT2D eigenvalue weighted by atomic mass is 10.1. The first-order valence-corrected chi connectivity index (χ1v) is 9.59. The molecule has 0 atom stereocenters. The number of amides is 1. The van der Waals surface area contributed by atoms with Crippen molar-refractivity contribution in [3.63, 3.8) is 0 Å². The van der Waals surface area contributed by atoms with Crippen LogP contribution >= 0.6 is 0 Å². The first kappa shape index (κ1) is 20.0. The number of para-hydroxylation sites is 1. The van der Waals surface area contributed by atoms with E-state index in [-0.39, 0.29) is 30.0 Å². The molecular weight excluding hydrogens is 360 g/mol. The van der Waals surface area contributed by atoms with E-state index in [0.29, 0.717) is 30.0 Å². The number of aromatic nitrogens is 2. The fourth-order valence-electron chi connectivity index (χ4n) is 3.36. The lowest BCUT2D eigenvalue weighted by Gasteiger charge is -2.25. The van der Waals surface area contributed by atoms with Gasteiger partial charge in [-0.25, -0.2) is 13.8 Å². The van der Waals surface area contributed by atoms with E-state index in [4.69, 9.17) is 0 Å². The summed E-state index contributed by atoms with van der Waals surface area (Å²) < 4.78 is 29.4. The summed E-state index contributed by atoms with van der Waals surface area (Å²) in [7, 11) is 0. The SMILES string of the molecule is CCCn1c(CN(CC(C)C)C(=O)c2ccc(F)cc2)nc2c(F)cccc21. The molecule has 1 amide bonds. The Bertz CT molecular complexity index is 964. The summed E-state index contributed by atoms with van der Waals surface area (Å²) in [6.45, 7) is 7.58. The van der Waals surface area contributed by atoms with E-state index in [1.165, 1.54) is 30.3 Å². The Balaban J connectivity index is 1.98. The molecule has 4 nitrogen and oxygen atoms in total. The summed E-state index contributed by atoms with van der Waals surface area (Å²) >= 11 is 0. The number of fused-ring (bicyclic) bond motifs is 1. The van der Waals surface area contributed by atoms with Crippen LogP contribution in [0.5, 0.6) is 0 Å². The molecule has 1 aromatic heterocycles. The van der Waals surface area contributed by atoms with Gasteiger partial charge in [0.05, 0.1) is 12.1 Å². The van der Waals surface area contributed by atoms with Gasteiger partial charge in [0, 0.05) is 18.7 Å². The average Bonchev–Trinajstić information content (AvgIpc) is 3.00. The number of rotatable bonds is 7. The van der Waals surface area contributed by atoms with Gasteiger partial charge in [-0.15, -0.1) is 0 Å². The van der Waals surface area contributed by atoms with E-state index < -0.39 is 0 Å². The summed E-state index contributed by atoms with van der Waals surface area (Å²) in [5, 5.41) is 0. The number of nitrogens with zero attached hydrogens (tertiary/aromatic N) is 3. The molecule has 0 bridgehead atoms. The summed E-state index contributed by atoms with van der Waals surface area (Å²) in [4.78, 5) is 19.2. The van der Waals surface area contributed by atoms with E-state index in [1.807, 2.05) is 31.4 Å². The molecule has 28 heavy (non-hydrogen) atoms. The highest BCUT2D eigenvalue weighted by Crippen LogP contribution is 2.22. The van der Waals surface area contributed by atoms with Crippen LogP contribution in [0.1, 0.15) is 43.4 Å². The predicted octanol–water partition coefficient (Wildman–Crippen LogP) is 5.02. The quantitative estimate of drug-likeness (QED) is 0.573. The highest BCUT2D eigenvalue weighted by Gasteiger charge is 2.21. The second kappa shape index (κ2) is 8.50. The minimum absolute atomic E-state index is 0.190. The number of carbonyl (C=O) groups excluding carboxylic acids is 1. The molecule has 148 valence electrons. The van der Waals surface area contributed by atoms with Gasteiger partial charge in [-0.05, 0) is 48.7 Å². The summed E-state index contributed by atoms with van der Waals surface area (Å²) in [5.41, 5.74) is 1.48. The molecule has 0 unspecified atom stereocenters. The van der Waals surface area contributed by atoms with Crippen molar-refractivity contribution < 1.29 is 13.6 Å². The fourth-order valence-corrected chi connectivity index (χ4v) is 3.36. The predicted molar refractivity (Wildman–Crippen MR) is 106 cm³/mol. The maximum atomic E-state index is 14.2. The Labute approximate surface area is 163 Å². The smallest absolute Gasteiger partial charge is 0.254 e. The van der Waals surface area contributed by atoms with Gasteiger partial charge in [-0.1, -0.05) is 26.8 Å². The second-order valence-electron chi connectivity index (χ2n) is 7.37. The van der Waals surface area contributed by atoms with Crippen molar-refractivity contribution in [2.75, 3.05) is 6.54 Å². The van der Waals surface area contributed by atoms with Crippen molar-refractivity contribution >= 4 is 16.9 Å². The van der Waals surface area contributed by atoms with E-state index >= 15 is 0 Å². The molecular formula is C22H25F2N3O. The molecule has 2 aromatic carbocycles. The lowest BCUT2D eigenvalue weighted by Crippen LogP contribution is -2.34. The number of benzene rings is 2. The number of halogens is 2. The van der Waals surface area contributed by atoms with Crippen LogP contribution < -0.4 is 0 Å². The van der Waals surface area contributed by atoms with Crippen LogP contribution in [0.15, 0.2) is 42.5 Å². The van der Waals surface area contributed by atoms with Gasteiger partial charge >= 0.3 is 0 Å². The molecule has 0 saturated heterocycles. The van der Waals surface area contributed by atoms with Crippen LogP contribution in [0, 0.1) is 17.6 Å². The van der Waals surface area contributed by atoms with Crippen LogP contribution in [0.2, 0.25) is 0 Å². The number of aryl methyl sites for hydroxylation is 1. The topological polar surface area (TPSA) is 38.1 Å². The van der Waals surface area contributed by atoms with Gasteiger partial charge in [-0.3, -0.25) is 4.79 Å². The zero-order valence-corrected chi connectivity index (χ0v) is 16.5. The number of hydrogen-bond acceptors (Lipinski definition) is 2. The molecule has 3 rings (SSSR count). The Morgan fingerprint density at radius 1 is 1.14 bits per heavy atom. The largest absolute Gasteiger partial charge is 0.331 e. The van der Waals surface area contributed by atoms with Gasteiger partial charge in [0.2, 0.25) is 0 Å². The Kier molecular flexibility index (Phi) is 6.07. The maximum Gasteiger partial charge on any atom is 0.254 e. The van der Waals surface area contributed by atoms with E-state index in [0.717, 1.165) is 11.9 Å². The molecule has 0 fully saturated rings. The van der Waals surface area contributed by atoms with Gasteiger partial charge < -0.3 is 9.47 Å². The zero-order valence-electron chi connectivity index (χ0n) is 16.5. The van der Waals surface area contributed by atoms with Crippen molar-refractivity contribution in [3.05, 3.63) is 65.5 Å². The standard InChI is InChI=1S/C22H25F2N3O/c1-4-12-27-19-7-5-6-18(24)21(19)25-20(27)14-26(13-15(2)3)22(28)16-8-10-17(23)11-9-16/h5-11,15H,4,12-14H2,1-3H3. The molecule has 0 aliphatic heterocycles. The van der Waals surface area contributed by atoms with Crippen LogP contribution in [0.25, 0.3) is 11.0 Å². The van der Waals surface area contributed by atoms with Gasteiger partial charge in [0.15, 0.2) is 5.82 Å². The summed E-state index contributed by atoms with van der Waals surface area (Å²) in [5.74, 6) is -0.0477. The van der Waals surface area contributed by atoms with Crippen molar-refractivity contribution in [3.8, 4) is 0 Å². The minimum atomic E-state index is -0.382. The lowest BCUT2D eigenvalue weighted by molar-refractivity contribution is 0.0716. The van der Waals surface area contributed by atoms with Gasteiger partial charge in [0.25, 0.3) is 5.91 Å². The molecule has 0 radical (unpaired) electrons. The molecule has 0 aliphatic rings. The van der Waals surface area contributed by atoms with Gasteiger partial charge in [-0.2, -0.15) is 0 Å². The third kappa shape index (κ3) is 4.21. The van der Waals surface area contributed by atoms with Crippen molar-refractivity contribution in [1.29, 1.82) is 0 Å². The number of imidazole rings is 1. The molecule has 0 N–H and O–H groups in total.